The third-order valence-electron chi connectivity index (χ3n) is 1.94. The smallest absolute Gasteiger partial charge is 0.546 e. The van der Waals surface area contributed by atoms with E-state index in [4.69, 9.17) is 0 Å². The molecule has 0 aliphatic carbocycles. The zero-order valence-electron chi connectivity index (χ0n) is 6.55. The molecule has 0 unspecified atom stereocenters. The van der Waals surface area contributed by atoms with Crippen LogP contribution in [0.3, 0.4) is 0 Å². The molecule has 0 aromatic heterocycles. The topological polar surface area (TPSA) is 58.2 Å². The first-order valence-corrected chi connectivity index (χ1v) is 3.57. The fraction of sp³-hybridized carbons (Fsp3) is 0.714. The van der Waals surface area contributed by atoms with Gasteiger partial charge >= 0.3 is 21.1 Å². The standard InChI is InChI=1S/C7H10N2O2.W/c10-5-7(9-6-11)1-3-8-4-2-7;/h8H,1-4H2,(H,9,11);/q-2;+2. The largest absolute Gasteiger partial charge is 2.00 e. The van der Waals surface area contributed by atoms with Crippen LogP contribution in [0, 0.1) is 0 Å². The molecule has 0 aromatic rings. The molecule has 0 radical (unpaired) electrons. The zero-order valence-corrected chi connectivity index (χ0v) is 9.49. The van der Waals surface area contributed by atoms with Crippen LogP contribution in [0.4, 0.5) is 0 Å². The van der Waals surface area contributed by atoms with E-state index in [1.165, 1.54) is 6.41 Å². The molecular formula is C7H10N2O2W. The molecule has 66 valence electrons. The Morgan fingerprint density at radius 2 is 1.83 bits per heavy atom. The van der Waals surface area contributed by atoms with Gasteiger partial charge in [0.15, 0.2) is 0 Å². The fourth-order valence-corrected chi connectivity index (χ4v) is 1.20. The van der Waals surface area contributed by atoms with E-state index in [-0.39, 0.29) is 21.1 Å². The van der Waals surface area contributed by atoms with Crippen LogP contribution in [0.2, 0.25) is 0 Å². The van der Waals surface area contributed by atoms with Crippen LogP contribution < -0.4 is 10.6 Å². The van der Waals surface area contributed by atoms with E-state index in [0.29, 0.717) is 12.8 Å². The van der Waals surface area contributed by atoms with E-state index in [1.807, 2.05) is 6.29 Å². The van der Waals surface area contributed by atoms with Crippen LogP contribution in [0.15, 0.2) is 0 Å². The van der Waals surface area contributed by atoms with Crippen molar-refractivity contribution in [3.8, 4) is 0 Å². The van der Waals surface area contributed by atoms with Gasteiger partial charge in [-0.1, -0.05) is 5.54 Å². The molecule has 1 aliphatic heterocycles. The molecule has 5 heteroatoms. The maximum absolute atomic E-state index is 10.5. The van der Waals surface area contributed by atoms with Gasteiger partial charge < -0.3 is 20.2 Å². The van der Waals surface area contributed by atoms with Crippen LogP contribution in [-0.2, 0) is 30.7 Å². The van der Waals surface area contributed by atoms with Crippen molar-refractivity contribution in [2.24, 2.45) is 0 Å². The quantitative estimate of drug-likeness (QED) is 0.506. The van der Waals surface area contributed by atoms with E-state index in [9.17, 15) is 9.59 Å². The van der Waals surface area contributed by atoms with Crippen molar-refractivity contribution in [3.05, 3.63) is 0 Å². The van der Waals surface area contributed by atoms with Gasteiger partial charge in [0.1, 0.15) is 0 Å². The van der Waals surface area contributed by atoms with Gasteiger partial charge in [-0.05, 0) is 25.9 Å². The van der Waals surface area contributed by atoms with Crippen LogP contribution in [0.5, 0.6) is 0 Å². The number of nitrogens with one attached hydrogen (secondary N) is 2. The fourth-order valence-electron chi connectivity index (χ4n) is 1.20. The van der Waals surface area contributed by atoms with Gasteiger partial charge in [-0.15, -0.1) is 0 Å². The summed E-state index contributed by atoms with van der Waals surface area (Å²) in [4.78, 5) is 20.5. The summed E-state index contributed by atoms with van der Waals surface area (Å²) in [5.41, 5.74) is -0.771. The molecule has 1 heterocycles. The average Bonchev–Trinajstić information content (AvgIpc) is 2.07. The normalized spacial score (nSPS) is 20.3. The average molecular weight is 338 g/mol. The summed E-state index contributed by atoms with van der Waals surface area (Å²) in [5, 5.41) is 5.46. The summed E-state index contributed by atoms with van der Waals surface area (Å²) in [6.07, 6.45) is 4.60. The van der Waals surface area contributed by atoms with Crippen molar-refractivity contribution in [3.63, 3.8) is 0 Å². The Morgan fingerprint density at radius 1 is 1.25 bits per heavy atom. The number of rotatable bonds is 3. The molecule has 0 spiro atoms. The summed E-state index contributed by atoms with van der Waals surface area (Å²) < 4.78 is 0. The third kappa shape index (κ3) is 2.68. The van der Waals surface area contributed by atoms with Gasteiger partial charge in [-0.25, -0.2) is 6.29 Å². The minimum atomic E-state index is -0.771. The van der Waals surface area contributed by atoms with Gasteiger partial charge in [-0.2, -0.15) is 6.41 Å². The predicted molar refractivity (Wildman–Crippen MR) is 39.4 cm³/mol. The summed E-state index contributed by atoms with van der Waals surface area (Å²) in [6.45, 7) is 1.48. The molecule has 0 saturated carbocycles. The molecule has 1 rings (SSSR count). The van der Waals surface area contributed by atoms with Crippen molar-refractivity contribution < 1.29 is 30.7 Å². The number of piperidine rings is 1. The minimum Gasteiger partial charge on any atom is -0.546 e. The van der Waals surface area contributed by atoms with E-state index >= 15 is 0 Å². The number of carbonyl (C=O) groups excluding carboxylic acids is 2. The number of hydrogen-bond acceptors (Lipinski definition) is 3. The Labute approximate surface area is 85.7 Å². The molecule has 2 N–H and O–H groups in total. The summed E-state index contributed by atoms with van der Waals surface area (Å²) in [5.74, 6) is 0. The first-order chi connectivity index (χ1) is 5.33. The summed E-state index contributed by atoms with van der Waals surface area (Å²) >= 11 is 0. The molecule has 12 heavy (non-hydrogen) atoms. The zero-order chi connectivity index (χ0) is 8.16. The van der Waals surface area contributed by atoms with Crippen LogP contribution >= 0.6 is 0 Å². The van der Waals surface area contributed by atoms with Crippen molar-refractivity contribution in [1.82, 2.24) is 10.6 Å². The SMILES string of the molecule is O=[C-]NC1([C-]=O)CCNCC1.[W+2]. The third-order valence-corrected chi connectivity index (χ3v) is 1.94. The Morgan fingerprint density at radius 3 is 2.25 bits per heavy atom. The van der Waals surface area contributed by atoms with Crippen molar-refractivity contribution in [2.75, 3.05) is 13.1 Å². The predicted octanol–water partition coefficient (Wildman–Crippen LogP) is -1.13. The summed E-state index contributed by atoms with van der Waals surface area (Å²) in [6, 6.07) is 0. The van der Waals surface area contributed by atoms with E-state index in [2.05, 4.69) is 10.6 Å². The monoisotopic (exact) mass is 338 g/mol. The second kappa shape index (κ2) is 5.44. The maximum atomic E-state index is 10.5. The van der Waals surface area contributed by atoms with E-state index in [1.54, 1.807) is 0 Å². The van der Waals surface area contributed by atoms with Crippen LogP contribution in [0.1, 0.15) is 12.8 Å². The minimum absolute atomic E-state index is 0. The van der Waals surface area contributed by atoms with Gasteiger partial charge in [0.05, 0.1) is 0 Å². The van der Waals surface area contributed by atoms with E-state index in [0.717, 1.165) is 13.1 Å². The first kappa shape index (κ1) is 11.8. The Balaban J connectivity index is 0.00000121. The Kier molecular flexibility index (Phi) is 5.34. The molecule has 0 aromatic carbocycles. The van der Waals surface area contributed by atoms with Crippen LogP contribution in [-0.4, -0.2) is 31.3 Å². The number of amides is 1. The molecule has 0 bridgehead atoms. The molecule has 0 atom stereocenters. The maximum Gasteiger partial charge on any atom is 2.00 e. The van der Waals surface area contributed by atoms with Gasteiger partial charge in [0.25, 0.3) is 0 Å². The number of hydrogen-bond donors (Lipinski definition) is 2. The second-order valence-corrected chi connectivity index (χ2v) is 2.66. The van der Waals surface area contributed by atoms with Crippen LogP contribution in [0.25, 0.3) is 0 Å². The van der Waals surface area contributed by atoms with Gasteiger partial charge in [0.2, 0.25) is 0 Å². The van der Waals surface area contributed by atoms with Crippen molar-refractivity contribution in [1.29, 1.82) is 0 Å². The Hall–Kier alpha value is -0.212. The van der Waals surface area contributed by atoms with Crippen molar-refractivity contribution in [2.45, 2.75) is 18.4 Å². The van der Waals surface area contributed by atoms with Gasteiger partial charge in [0, 0.05) is 0 Å². The first-order valence-electron chi connectivity index (χ1n) is 3.57. The van der Waals surface area contributed by atoms with Gasteiger partial charge in [-0.3, -0.25) is 0 Å². The van der Waals surface area contributed by atoms with E-state index < -0.39 is 5.54 Å². The molecule has 1 aliphatic rings. The second-order valence-electron chi connectivity index (χ2n) is 2.66. The molecule has 1 fully saturated rings. The molecule has 1 saturated heterocycles. The molecule has 4 nitrogen and oxygen atoms in total. The van der Waals surface area contributed by atoms with Crippen molar-refractivity contribution >= 4 is 12.7 Å². The molecule has 1 amide bonds. The molecular weight excluding hydrogens is 328 g/mol. The Bertz CT molecular complexity index is 157. The summed E-state index contributed by atoms with van der Waals surface area (Å²) in [7, 11) is 0.